The van der Waals surface area contributed by atoms with E-state index in [1.807, 2.05) is 29.6 Å². The van der Waals surface area contributed by atoms with E-state index in [4.69, 9.17) is 5.11 Å². The Hall–Kier alpha value is -2.87. The molecular weight excluding hydrogens is 330 g/mol. The van der Waals surface area contributed by atoms with Crippen molar-refractivity contribution in [1.82, 2.24) is 14.9 Å². The van der Waals surface area contributed by atoms with E-state index in [0.717, 1.165) is 15.6 Å². The molecule has 7 nitrogen and oxygen atoms in total. The number of nitrogens with one attached hydrogen (secondary N) is 2. The quantitative estimate of drug-likeness (QED) is 0.628. The third kappa shape index (κ3) is 3.23. The highest BCUT2D eigenvalue weighted by Gasteiger charge is 2.24. The molecule has 24 heavy (non-hydrogen) atoms. The number of aromatic nitrogens is 2. The van der Waals surface area contributed by atoms with E-state index in [1.165, 1.54) is 17.0 Å². The molecule has 2 heterocycles. The van der Waals surface area contributed by atoms with Crippen molar-refractivity contribution < 1.29 is 14.7 Å². The second kappa shape index (κ2) is 6.71. The summed E-state index contributed by atoms with van der Waals surface area (Å²) in [6.45, 7) is -0.487. The van der Waals surface area contributed by atoms with E-state index in [0.29, 0.717) is 6.42 Å². The molecule has 8 heteroatoms. The average molecular weight is 345 g/mol. The van der Waals surface area contributed by atoms with Crippen LogP contribution in [-0.2, 0) is 16.0 Å². The van der Waals surface area contributed by atoms with Gasteiger partial charge in [0.1, 0.15) is 12.6 Å². The lowest BCUT2D eigenvalue weighted by Crippen LogP contribution is -2.39. The number of amides is 1. The Morgan fingerprint density at radius 2 is 2.12 bits per heavy atom. The van der Waals surface area contributed by atoms with E-state index in [2.05, 4.69) is 10.3 Å². The zero-order valence-corrected chi connectivity index (χ0v) is 13.4. The molecule has 0 fully saturated rings. The van der Waals surface area contributed by atoms with Gasteiger partial charge in [0, 0.05) is 23.5 Å². The summed E-state index contributed by atoms with van der Waals surface area (Å²) in [6.07, 6.45) is 3.24. The number of rotatable bonds is 6. The van der Waals surface area contributed by atoms with Gasteiger partial charge in [-0.15, -0.1) is 11.3 Å². The smallest absolute Gasteiger partial charge is 0.326 e. The Morgan fingerprint density at radius 1 is 1.33 bits per heavy atom. The summed E-state index contributed by atoms with van der Waals surface area (Å²) in [7, 11) is 0. The van der Waals surface area contributed by atoms with Crippen LogP contribution in [0.2, 0.25) is 0 Å². The Bertz CT molecular complexity index is 940. The van der Waals surface area contributed by atoms with Gasteiger partial charge in [-0.05, 0) is 22.4 Å². The number of nitrogens with zero attached hydrogens (tertiary/aromatic N) is 1. The van der Waals surface area contributed by atoms with Crippen molar-refractivity contribution in [3.05, 3.63) is 58.1 Å². The predicted octanol–water partition coefficient (Wildman–Crippen LogP) is 1.38. The van der Waals surface area contributed by atoms with Crippen LogP contribution in [0.15, 0.2) is 46.8 Å². The number of carboxylic acids is 1. The van der Waals surface area contributed by atoms with Gasteiger partial charge < -0.3 is 15.4 Å². The molecule has 0 saturated heterocycles. The largest absolute Gasteiger partial charge is 0.480 e. The Balaban J connectivity index is 1.93. The molecule has 0 spiro atoms. The summed E-state index contributed by atoms with van der Waals surface area (Å²) in [5.41, 5.74) is 0.532. The first-order valence-corrected chi connectivity index (χ1v) is 8.14. The summed E-state index contributed by atoms with van der Waals surface area (Å²) in [6, 6.07) is 7.00. The molecule has 3 rings (SSSR count). The highest BCUT2D eigenvalue weighted by molar-refractivity contribution is 7.17. The zero-order chi connectivity index (χ0) is 17.1. The minimum Gasteiger partial charge on any atom is -0.480 e. The fourth-order valence-electron chi connectivity index (χ4n) is 2.57. The third-order valence-electron chi connectivity index (χ3n) is 3.70. The molecule has 0 radical (unpaired) electrons. The number of hydrogen-bond donors (Lipinski definition) is 3. The number of carbonyl (C=O) groups is 2. The SMILES string of the molecule is O=C(O)CNC(=O)[C@H](Cc1csc2ccccc12)n1cc[nH]c1=O. The molecule has 0 bridgehead atoms. The number of carbonyl (C=O) groups excluding carboxylic acids is 1. The van der Waals surface area contributed by atoms with Crippen molar-refractivity contribution in [2.24, 2.45) is 0 Å². The van der Waals surface area contributed by atoms with Gasteiger partial charge in [0.05, 0.1) is 0 Å². The fourth-order valence-corrected chi connectivity index (χ4v) is 3.55. The van der Waals surface area contributed by atoms with Crippen LogP contribution in [-0.4, -0.2) is 33.1 Å². The molecule has 0 unspecified atom stereocenters. The van der Waals surface area contributed by atoms with Crippen LogP contribution in [0.3, 0.4) is 0 Å². The van der Waals surface area contributed by atoms with E-state index in [1.54, 1.807) is 11.3 Å². The lowest BCUT2D eigenvalue weighted by molar-refractivity contribution is -0.138. The topological polar surface area (TPSA) is 104 Å². The maximum absolute atomic E-state index is 12.4. The second-order valence-electron chi connectivity index (χ2n) is 5.26. The summed E-state index contributed by atoms with van der Waals surface area (Å²) in [4.78, 5) is 37.5. The van der Waals surface area contributed by atoms with E-state index < -0.39 is 30.2 Å². The van der Waals surface area contributed by atoms with Gasteiger partial charge in [0.25, 0.3) is 0 Å². The first kappa shape index (κ1) is 16.0. The van der Waals surface area contributed by atoms with Crippen molar-refractivity contribution in [2.45, 2.75) is 12.5 Å². The summed E-state index contributed by atoms with van der Waals surface area (Å²) in [5, 5.41) is 14.1. The molecule has 124 valence electrons. The van der Waals surface area contributed by atoms with Crippen LogP contribution in [0.1, 0.15) is 11.6 Å². The molecule has 3 aromatic rings. The molecule has 3 N–H and O–H groups in total. The lowest BCUT2D eigenvalue weighted by Gasteiger charge is -2.16. The Morgan fingerprint density at radius 3 is 2.83 bits per heavy atom. The van der Waals surface area contributed by atoms with Gasteiger partial charge >= 0.3 is 11.7 Å². The van der Waals surface area contributed by atoms with Crippen molar-refractivity contribution in [2.75, 3.05) is 6.54 Å². The van der Waals surface area contributed by atoms with Gasteiger partial charge in [-0.3, -0.25) is 14.2 Å². The highest BCUT2D eigenvalue weighted by atomic mass is 32.1. The average Bonchev–Trinajstić information content (AvgIpc) is 3.16. The molecular formula is C16H15N3O4S. The van der Waals surface area contributed by atoms with Crippen molar-refractivity contribution in [1.29, 1.82) is 0 Å². The third-order valence-corrected chi connectivity index (χ3v) is 4.72. The van der Waals surface area contributed by atoms with Gasteiger partial charge in [-0.2, -0.15) is 0 Å². The minimum atomic E-state index is -1.13. The van der Waals surface area contributed by atoms with E-state index in [9.17, 15) is 14.4 Å². The minimum absolute atomic E-state index is 0.299. The molecule has 1 amide bonds. The molecule has 2 aromatic heterocycles. The monoisotopic (exact) mass is 345 g/mol. The van der Waals surface area contributed by atoms with Crippen LogP contribution in [0, 0.1) is 0 Å². The van der Waals surface area contributed by atoms with Crippen LogP contribution < -0.4 is 11.0 Å². The number of aromatic amines is 1. The van der Waals surface area contributed by atoms with Crippen molar-refractivity contribution in [3.8, 4) is 0 Å². The number of aliphatic carboxylic acids is 1. The van der Waals surface area contributed by atoms with Crippen LogP contribution in [0.4, 0.5) is 0 Å². The number of carboxylic acid groups (broad SMARTS) is 1. The molecule has 0 aliphatic rings. The van der Waals surface area contributed by atoms with Crippen LogP contribution in [0.25, 0.3) is 10.1 Å². The lowest BCUT2D eigenvalue weighted by atomic mass is 10.0. The molecule has 0 aliphatic carbocycles. The number of thiophene rings is 1. The maximum Gasteiger partial charge on any atom is 0.326 e. The number of H-pyrrole nitrogens is 1. The number of imidazole rings is 1. The second-order valence-corrected chi connectivity index (χ2v) is 6.17. The van der Waals surface area contributed by atoms with E-state index >= 15 is 0 Å². The van der Waals surface area contributed by atoms with Gasteiger partial charge in [0.15, 0.2) is 0 Å². The van der Waals surface area contributed by atoms with Crippen LogP contribution in [0.5, 0.6) is 0 Å². The summed E-state index contributed by atoms with van der Waals surface area (Å²) in [5.74, 6) is -1.64. The molecule has 0 saturated carbocycles. The zero-order valence-electron chi connectivity index (χ0n) is 12.6. The molecule has 0 aliphatic heterocycles. The Labute approximate surface area is 140 Å². The van der Waals surface area contributed by atoms with Gasteiger partial charge in [0.2, 0.25) is 5.91 Å². The Kier molecular flexibility index (Phi) is 4.48. The summed E-state index contributed by atoms with van der Waals surface area (Å²) < 4.78 is 2.38. The maximum atomic E-state index is 12.4. The van der Waals surface area contributed by atoms with Crippen LogP contribution >= 0.6 is 11.3 Å². The summed E-state index contributed by atoms with van der Waals surface area (Å²) >= 11 is 1.57. The first-order chi connectivity index (χ1) is 11.6. The normalized spacial score (nSPS) is 12.2. The number of benzene rings is 1. The fraction of sp³-hybridized carbons (Fsp3) is 0.188. The standard InChI is InChI=1S/C16H15N3O4S/c20-14(21)8-18-15(22)12(19-6-5-17-16(19)23)7-10-9-24-13-4-2-1-3-11(10)13/h1-6,9,12H,7-8H2,(H,17,23)(H,18,22)(H,20,21)/t12-/m0/s1. The highest BCUT2D eigenvalue weighted by Crippen LogP contribution is 2.28. The number of fused-ring (bicyclic) bond motifs is 1. The number of hydrogen-bond acceptors (Lipinski definition) is 4. The van der Waals surface area contributed by atoms with Gasteiger partial charge in [-0.1, -0.05) is 18.2 Å². The molecule has 1 aromatic carbocycles. The van der Waals surface area contributed by atoms with Gasteiger partial charge in [-0.25, -0.2) is 4.79 Å². The van der Waals surface area contributed by atoms with Crippen molar-refractivity contribution >= 4 is 33.3 Å². The van der Waals surface area contributed by atoms with Crippen molar-refractivity contribution in [3.63, 3.8) is 0 Å². The molecule has 1 atom stereocenters. The predicted molar refractivity (Wildman–Crippen MR) is 90.3 cm³/mol. The first-order valence-electron chi connectivity index (χ1n) is 7.26. The van der Waals surface area contributed by atoms with E-state index in [-0.39, 0.29) is 0 Å².